The molecule has 3 aliphatic heterocycles. The summed E-state index contributed by atoms with van der Waals surface area (Å²) in [7, 11) is -3.41. The summed E-state index contributed by atoms with van der Waals surface area (Å²) in [6.45, 7) is 6.55. The molecule has 2 aromatic rings. The highest BCUT2D eigenvalue weighted by molar-refractivity contribution is 7.89. The molecule has 3 aliphatic rings. The number of likely N-dealkylation sites (tertiary alicyclic amines) is 1. The number of rotatable bonds is 3. The number of ether oxygens (including phenoxy) is 1. The minimum atomic E-state index is -3.41. The van der Waals surface area contributed by atoms with Gasteiger partial charge in [0.15, 0.2) is 0 Å². The molecule has 2 atom stereocenters. The van der Waals surface area contributed by atoms with E-state index < -0.39 is 15.3 Å². The molecular weight excluding hydrogens is 430 g/mol. The number of carbonyl (C=O) groups is 1. The first-order chi connectivity index (χ1) is 15.4. The number of amides is 2. The van der Waals surface area contributed by atoms with Gasteiger partial charge in [-0.05, 0) is 50.3 Å². The van der Waals surface area contributed by atoms with Crippen LogP contribution in [0.2, 0.25) is 0 Å². The van der Waals surface area contributed by atoms with E-state index >= 15 is 0 Å². The van der Waals surface area contributed by atoms with Crippen LogP contribution in [0.1, 0.15) is 38.2 Å². The summed E-state index contributed by atoms with van der Waals surface area (Å²) >= 11 is 0. The van der Waals surface area contributed by atoms with Gasteiger partial charge in [0.1, 0.15) is 10.9 Å². The minimum Gasteiger partial charge on any atom is -0.377 e. The summed E-state index contributed by atoms with van der Waals surface area (Å²) in [6.07, 6.45) is 5.36. The number of fused-ring (bicyclic) bond motifs is 1. The van der Waals surface area contributed by atoms with Crippen LogP contribution in [0.5, 0.6) is 0 Å². The lowest BCUT2D eigenvalue weighted by atomic mass is 9.90. The Morgan fingerprint density at radius 1 is 1.16 bits per heavy atom. The van der Waals surface area contributed by atoms with Gasteiger partial charge in [-0.3, -0.25) is 0 Å². The van der Waals surface area contributed by atoms with Crippen LogP contribution in [0.15, 0.2) is 24.5 Å². The monoisotopic (exact) mass is 461 g/mol. The van der Waals surface area contributed by atoms with Crippen molar-refractivity contribution in [1.29, 1.82) is 0 Å². The Morgan fingerprint density at radius 3 is 2.53 bits per heavy atom. The summed E-state index contributed by atoms with van der Waals surface area (Å²) < 4.78 is 33.5. The first-order valence-electron chi connectivity index (χ1n) is 11.4. The van der Waals surface area contributed by atoms with Crippen molar-refractivity contribution in [2.45, 2.75) is 49.9 Å². The number of aromatic amines is 1. The highest BCUT2D eigenvalue weighted by Crippen LogP contribution is 2.34. The van der Waals surface area contributed by atoms with Crippen molar-refractivity contribution in [2.75, 3.05) is 39.4 Å². The van der Waals surface area contributed by atoms with E-state index in [1.807, 2.05) is 31.0 Å². The Hall–Kier alpha value is -2.17. The normalized spacial score (nSPS) is 26.4. The van der Waals surface area contributed by atoms with Crippen molar-refractivity contribution in [3.8, 4) is 0 Å². The maximum atomic E-state index is 13.2. The van der Waals surface area contributed by atoms with Crippen molar-refractivity contribution in [1.82, 2.24) is 24.1 Å². The fraction of sp³-hybridized carbons (Fsp3) is 0.636. The van der Waals surface area contributed by atoms with Crippen LogP contribution in [-0.4, -0.2) is 95.2 Å². The molecule has 0 aliphatic carbocycles. The van der Waals surface area contributed by atoms with E-state index in [9.17, 15) is 13.2 Å². The van der Waals surface area contributed by atoms with E-state index in [0.717, 1.165) is 23.9 Å². The van der Waals surface area contributed by atoms with Gasteiger partial charge in [-0.2, -0.15) is 0 Å². The van der Waals surface area contributed by atoms with E-state index in [1.54, 1.807) is 15.4 Å². The van der Waals surface area contributed by atoms with Gasteiger partial charge in [0, 0.05) is 44.0 Å². The number of nitrogens with one attached hydrogen (secondary N) is 1. The number of urea groups is 1. The number of piperidine rings is 1. The van der Waals surface area contributed by atoms with Crippen molar-refractivity contribution >= 4 is 27.1 Å². The SMILES string of the molecule is C[C@H]1COC[C@H](C)N1C(=O)N1CC(S(=O)(=O)N2CCC(c3c[nH]c4ncccc34)CC2)C1. The Labute approximate surface area is 188 Å². The van der Waals surface area contributed by atoms with Crippen LogP contribution < -0.4 is 0 Å². The summed E-state index contributed by atoms with van der Waals surface area (Å²) in [4.78, 5) is 24.0. The largest absolute Gasteiger partial charge is 0.377 e. The van der Waals surface area contributed by atoms with Crippen molar-refractivity contribution < 1.29 is 17.9 Å². The second-order valence-electron chi connectivity index (χ2n) is 9.31. The van der Waals surface area contributed by atoms with Crippen molar-refractivity contribution in [3.05, 3.63) is 30.1 Å². The van der Waals surface area contributed by atoms with Crippen molar-refractivity contribution in [2.24, 2.45) is 0 Å². The van der Waals surface area contributed by atoms with Gasteiger partial charge in [-0.1, -0.05) is 0 Å². The zero-order valence-electron chi connectivity index (χ0n) is 18.6. The van der Waals surface area contributed by atoms with E-state index in [-0.39, 0.29) is 31.2 Å². The fourth-order valence-corrected chi connectivity index (χ4v) is 7.15. The third-order valence-electron chi connectivity index (χ3n) is 7.17. The average Bonchev–Trinajstić information content (AvgIpc) is 3.17. The number of H-pyrrole nitrogens is 1. The van der Waals surface area contributed by atoms with Gasteiger partial charge < -0.3 is 19.5 Å². The molecule has 2 amide bonds. The molecule has 9 nitrogen and oxygen atoms in total. The van der Waals surface area contributed by atoms with Crippen LogP contribution in [-0.2, 0) is 14.8 Å². The number of hydrogen-bond donors (Lipinski definition) is 1. The van der Waals surface area contributed by atoms with Crippen LogP contribution in [0.4, 0.5) is 4.79 Å². The molecule has 174 valence electrons. The fourth-order valence-electron chi connectivity index (χ4n) is 5.27. The summed E-state index contributed by atoms with van der Waals surface area (Å²) in [6, 6.07) is 3.92. The first-order valence-corrected chi connectivity index (χ1v) is 12.9. The van der Waals surface area contributed by atoms with Gasteiger partial charge in [0.2, 0.25) is 10.0 Å². The zero-order valence-corrected chi connectivity index (χ0v) is 19.4. The van der Waals surface area contributed by atoms with Gasteiger partial charge in [-0.25, -0.2) is 22.5 Å². The summed E-state index contributed by atoms with van der Waals surface area (Å²) in [5, 5.41) is 0.612. The van der Waals surface area contributed by atoms with E-state index in [1.165, 1.54) is 5.56 Å². The molecule has 0 bridgehead atoms. The Morgan fingerprint density at radius 2 is 1.84 bits per heavy atom. The van der Waals surface area contributed by atoms with E-state index in [2.05, 4.69) is 16.0 Å². The van der Waals surface area contributed by atoms with Crippen LogP contribution in [0.25, 0.3) is 11.0 Å². The molecule has 0 spiro atoms. The number of hydrogen-bond acceptors (Lipinski definition) is 5. The smallest absolute Gasteiger partial charge is 0.320 e. The molecule has 0 unspecified atom stereocenters. The Bertz CT molecular complexity index is 1080. The Balaban J connectivity index is 1.18. The lowest BCUT2D eigenvalue weighted by Gasteiger charge is -2.47. The highest BCUT2D eigenvalue weighted by atomic mass is 32.2. The predicted molar refractivity (Wildman–Crippen MR) is 121 cm³/mol. The van der Waals surface area contributed by atoms with Gasteiger partial charge in [-0.15, -0.1) is 0 Å². The number of morpholine rings is 1. The molecule has 0 radical (unpaired) electrons. The number of sulfonamides is 1. The molecule has 0 aromatic carbocycles. The molecule has 5 heterocycles. The molecule has 5 rings (SSSR count). The molecule has 3 fully saturated rings. The predicted octanol–water partition coefficient (Wildman–Crippen LogP) is 1.99. The molecule has 32 heavy (non-hydrogen) atoms. The maximum absolute atomic E-state index is 13.2. The standard InChI is InChI=1S/C22H31N5O4S/c1-15-13-31-14-16(2)27(15)22(28)25-11-18(12-25)32(29,30)26-8-5-17(6-9-26)20-10-24-21-19(20)4-3-7-23-21/h3-4,7,10,15-18H,5-6,8-9,11-14H2,1-2H3,(H,23,24)/t15-,16-/m0/s1. The number of carbonyl (C=O) groups excluding carboxylic acids is 1. The van der Waals surface area contributed by atoms with Crippen LogP contribution in [0, 0.1) is 0 Å². The third-order valence-corrected chi connectivity index (χ3v) is 9.39. The minimum absolute atomic E-state index is 0.000599. The lowest BCUT2D eigenvalue weighted by molar-refractivity contribution is -0.0252. The zero-order chi connectivity index (χ0) is 22.5. The topological polar surface area (TPSA) is 98.8 Å². The molecule has 3 saturated heterocycles. The van der Waals surface area contributed by atoms with Crippen LogP contribution >= 0.6 is 0 Å². The molecular formula is C22H31N5O4S. The Kier molecular flexibility index (Phi) is 5.63. The quantitative estimate of drug-likeness (QED) is 0.754. The number of aromatic nitrogens is 2. The number of pyridine rings is 1. The van der Waals surface area contributed by atoms with Crippen molar-refractivity contribution in [3.63, 3.8) is 0 Å². The highest BCUT2D eigenvalue weighted by Gasteiger charge is 2.46. The van der Waals surface area contributed by atoms with Gasteiger partial charge in [0.05, 0.1) is 25.3 Å². The average molecular weight is 462 g/mol. The molecule has 0 saturated carbocycles. The summed E-state index contributed by atoms with van der Waals surface area (Å²) in [5.74, 6) is 0.322. The third kappa shape index (κ3) is 3.68. The summed E-state index contributed by atoms with van der Waals surface area (Å²) in [5.41, 5.74) is 2.10. The molecule has 1 N–H and O–H groups in total. The second kappa shape index (κ2) is 8.31. The van der Waals surface area contributed by atoms with Gasteiger partial charge >= 0.3 is 6.03 Å². The molecule has 10 heteroatoms. The van der Waals surface area contributed by atoms with Crippen LogP contribution in [0.3, 0.4) is 0 Å². The van der Waals surface area contributed by atoms with Gasteiger partial charge in [0.25, 0.3) is 0 Å². The second-order valence-corrected chi connectivity index (χ2v) is 11.5. The lowest BCUT2D eigenvalue weighted by Crippen LogP contribution is -2.65. The first kappa shape index (κ1) is 21.7. The molecule has 2 aromatic heterocycles. The van der Waals surface area contributed by atoms with E-state index in [0.29, 0.717) is 32.2 Å². The number of nitrogens with zero attached hydrogens (tertiary/aromatic N) is 4. The van der Waals surface area contributed by atoms with E-state index in [4.69, 9.17) is 4.74 Å². The maximum Gasteiger partial charge on any atom is 0.320 e.